The van der Waals surface area contributed by atoms with Crippen molar-refractivity contribution in [1.29, 1.82) is 5.26 Å². The summed E-state index contributed by atoms with van der Waals surface area (Å²) in [5.74, 6) is 0.472. The lowest BCUT2D eigenvalue weighted by atomic mass is 9.84. The van der Waals surface area contributed by atoms with Gasteiger partial charge in [0.15, 0.2) is 0 Å². The number of hydrogen-bond acceptors (Lipinski definition) is 7. The van der Waals surface area contributed by atoms with Gasteiger partial charge in [-0.15, -0.1) is 0 Å². The third-order valence-electron chi connectivity index (χ3n) is 6.43. The molecule has 4 rings (SSSR count). The fourth-order valence-corrected chi connectivity index (χ4v) is 4.53. The van der Waals surface area contributed by atoms with E-state index in [1.807, 2.05) is 49.1 Å². The van der Waals surface area contributed by atoms with Crippen molar-refractivity contribution in [2.24, 2.45) is 0 Å². The second-order valence-electron chi connectivity index (χ2n) is 9.23. The number of para-hydroxylation sites is 1. The van der Waals surface area contributed by atoms with Crippen LogP contribution in [-0.2, 0) is 9.53 Å². The summed E-state index contributed by atoms with van der Waals surface area (Å²) in [4.78, 5) is 17.2. The van der Waals surface area contributed by atoms with Crippen LogP contribution in [0.4, 0.5) is 5.69 Å². The first-order valence-electron chi connectivity index (χ1n) is 11.7. The summed E-state index contributed by atoms with van der Waals surface area (Å²) >= 11 is 0. The van der Waals surface area contributed by atoms with E-state index in [4.69, 9.17) is 9.47 Å². The third-order valence-corrected chi connectivity index (χ3v) is 6.43. The van der Waals surface area contributed by atoms with Crippen molar-refractivity contribution in [3.8, 4) is 11.8 Å². The Hall–Kier alpha value is -3.12. The molecule has 8 nitrogen and oxygen atoms in total. The maximum atomic E-state index is 13.1. The van der Waals surface area contributed by atoms with Crippen molar-refractivity contribution in [2.45, 2.75) is 31.6 Å². The van der Waals surface area contributed by atoms with E-state index in [-0.39, 0.29) is 12.5 Å². The molecule has 0 aliphatic carbocycles. The van der Waals surface area contributed by atoms with Gasteiger partial charge in [-0.2, -0.15) is 5.26 Å². The van der Waals surface area contributed by atoms with Gasteiger partial charge in [0, 0.05) is 37.4 Å². The number of aliphatic hydroxyl groups is 1. The Morgan fingerprint density at radius 1 is 1.24 bits per heavy atom. The first-order valence-corrected chi connectivity index (χ1v) is 11.7. The van der Waals surface area contributed by atoms with Crippen LogP contribution in [0.15, 0.2) is 48.5 Å². The van der Waals surface area contributed by atoms with Gasteiger partial charge < -0.3 is 24.8 Å². The van der Waals surface area contributed by atoms with E-state index in [9.17, 15) is 15.2 Å². The van der Waals surface area contributed by atoms with Crippen LogP contribution in [0.2, 0.25) is 0 Å². The van der Waals surface area contributed by atoms with E-state index < -0.39 is 17.7 Å². The number of fused-ring (bicyclic) bond motifs is 1. The van der Waals surface area contributed by atoms with Crippen LogP contribution in [0.5, 0.6) is 5.75 Å². The molecule has 34 heavy (non-hydrogen) atoms. The van der Waals surface area contributed by atoms with Crippen molar-refractivity contribution in [3.63, 3.8) is 0 Å². The minimum atomic E-state index is -0.935. The molecular weight excluding hydrogens is 432 g/mol. The molecule has 2 heterocycles. The smallest absolute Gasteiger partial charge is 0.239 e. The highest BCUT2D eigenvalue weighted by Crippen LogP contribution is 2.44. The summed E-state index contributed by atoms with van der Waals surface area (Å²) in [6.45, 7) is 8.20. The lowest BCUT2D eigenvalue weighted by Crippen LogP contribution is -2.55. The number of nitriles is 1. The van der Waals surface area contributed by atoms with Crippen molar-refractivity contribution in [2.75, 3.05) is 50.8 Å². The van der Waals surface area contributed by atoms with E-state index in [1.54, 1.807) is 18.2 Å². The van der Waals surface area contributed by atoms with Gasteiger partial charge in [0.25, 0.3) is 0 Å². The molecule has 2 aromatic carbocycles. The summed E-state index contributed by atoms with van der Waals surface area (Å²) in [7, 11) is 0. The predicted octanol–water partition coefficient (Wildman–Crippen LogP) is 2.09. The van der Waals surface area contributed by atoms with E-state index in [0.717, 1.165) is 38.5 Å². The number of nitrogens with zero attached hydrogens (tertiary/aromatic N) is 3. The zero-order valence-electron chi connectivity index (χ0n) is 19.7. The molecule has 1 amide bonds. The molecule has 1 saturated heterocycles. The zero-order valence-corrected chi connectivity index (χ0v) is 19.7. The standard InChI is InChI=1S/C26H32N4O4/c1-26(2)25(32)24(21-16-19(17-27)8-9-22(21)34-26)30(20-6-4-3-5-7-20)18-23(31)28-10-11-29-12-14-33-15-13-29/h3-9,16,24-25,32H,10-15,18H2,1-2H3,(H,28,31)/t24-,25+/m0/s1. The molecule has 0 saturated carbocycles. The van der Waals surface area contributed by atoms with E-state index in [2.05, 4.69) is 16.3 Å². The van der Waals surface area contributed by atoms with Crippen LogP contribution in [0.25, 0.3) is 0 Å². The van der Waals surface area contributed by atoms with Gasteiger partial charge in [-0.1, -0.05) is 18.2 Å². The van der Waals surface area contributed by atoms with Crippen LogP contribution in [-0.4, -0.2) is 73.6 Å². The Labute approximate surface area is 200 Å². The average molecular weight is 465 g/mol. The lowest BCUT2D eigenvalue weighted by molar-refractivity contribution is -0.120. The van der Waals surface area contributed by atoms with Crippen LogP contribution in [0.1, 0.15) is 31.0 Å². The van der Waals surface area contributed by atoms with E-state index >= 15 is 0 Å². The Balaban J connectivity index is 1.59. The Morgan fingerprint density at radius 3 is 2.68 bits per heavy atom. The molecule has 1 fully saturated rings. The molecule has 2 N–H and O–H groups in total. The molecule has 2 aliphatic rings. The fraction of sp³-hybridized carbons (Fsp3) is 0.462. The van der Waals surface area contributed by atoms with Crippen molar-refractivity contribution < 1.29 is 19.4 Å². The van der Waals surface area contributed by atoms with Gasteiger partial charge in [0.1, 0.15) is 17.5 Å². The number of morpholine rings is 1. The lowest BCUT2D eigenvalue weighted by Gasteiger charge is -2.47. The third kappa shape index (κ3) is 5.33. The maximum Gasteiger partial charge on any atom is 0.239 e. The number of ether oxygens (including phenoxy) is 2. The van der Waals surface area contributed by atoms with Gasteiger partial charge in [0.05, 0.1) is 37.4 Å². The number of amides is 1. The van der Waals surface area contributed by atoms with Crippen molar-refractivity contribution in [1.82, 2.24) is 10.2 Å². The molecule has 0 aromatic heterocycles. The van der Waals surface area contributed by atoms with Crippen LogP contribution in [0, 0.1) is 11.3 Å². The minimum absolute atomic E-state index is 0.0567. The number of benzene rings is 2. The summed E-state index contributed by atoms with van der Waals surface area (Å²) in [6, 6.07) is 16.4. The number of hydrogen-bond donors (Lipinski definition) is 2. The molecule has 2 aromatic rings. The van der Waals surface area contributed by atoms with Crippen LogP contribution in [0.3, 0.4) is 0 Å². The number of carbonyl (C=O) groups excluding carboxylic acids is 1. The first-order chi connectivity index (χ1) is 16.4. The molecule has 0 spiro atoms. The number of nitrogens with one attached hydrogen (secondary N) is 1. The molecule has 2 atom stereocenters. The molecule has 180 valence electrons. The summed E-state index contributed by atoms with van der Waals surface area (Å²) < 4.78 is 11.5. The molecule has 8 heteroatoms. The SMILES string of the molecule is CC1(C)Oc2ccc(C#N)cc2[C@H](N(CC(=O)NCCN2CCOCC2)c2ccccc2)[C@H]1O. The number of anilines is 1. The normalized spacial score (nSPS) is 21.6. The van der Waals surface area contributed by atoms with Gasteiger partial charge in [-0.25, -0.2) is 0 Å². The number of aliphatic hydroxyl groups excluding tert-OH is 1. The predicted molar refractivity (Wildman–Crippen MR) is 129 cm³/mol. The van der Waals surface area contributed by atoms with Crippen LogP contribution < -0.4 is 15.0 Å². The number of carbonyl (C=O) groups is 1. The van der Waals surface area contributed by atoms with E-state index in [0.29, 0.717) is 23.4 Å². The van der Waals surface area contributed by atoms with E-state index in [1.165, 1.54) is 0 Å². The molecule has 2 aliphatic heterocycles. The van der Waals surface area contributed by atoms with Crippen molar-refractivity contribution >= 4 is 11.6 Å². The maximum absolute atomic E-state index is 13.1. The summed E-state index contributed by atoms with van der Waals surface area (Å²) in [6.07, 6.45) is -0.935. The summed E-state index contributed by atoms with van der Waals surface area (Å²) in [5.41, 5.74) is 1.09. The average Bonchev–Trinajstić information content (AvgIpc) is 2.85. The monoisotopic (exact) mass is 464 g/mol. The van der Waals surface area contributed by atoms with Gasteiger partial charge in [0.2, 0.25) is 5.91 Å². The van der Waals surface area contributed by atoms with Gasteiger partial charge >= 0.3 is 0 Å². The second-order valence-corrected chi connectivity index (χ2v) is 9.23. The zero-order chi connectivity index (χ0) is 24.1. The fourth-order valence-electron chi connectivity index (χ4n) is 4.53. The number of rotatable bonds is 7. The van der Waals surface area contributed by atoms with Crippen LogP contribution >= 0.6 is 0 Å². The van der Waals surface area contributed by atoms with Gasteiger partial charge in [-0.3, -0.25) is 9.69 Å². The Bertz CT molecular complexity index is 1030. The Kier molecular flexibility index (Phi) is 7.37. The summed E-state index contributed by atoms with van der Waals surface area (Å²) in [5, 5.41) is 23.9. The minimum Gasteiger partial charge on any atom is -0.485 e. The Morgan fingerprint density at radius 2 is 1.97 bits per heavy atom. The molecule has 0 radical (unpaired) electrons. The molecule has 0 unspecified atom stereocenters. The molecule has 0 bridgehead atoms. The highest BCUT2D eigenvalue weighted by molar-refractivity contribution is 5.81. The van der Waals surface area contributed by atoms with Crippen molar-refractivity contribution in [3.05, 3.63) is 59.7 Å². The van der Waals surface area contributed by atoms with Gasteiger partial charge in [-0.05, 0) is 44.2 Å². The topological polar surface area (TPSA) is 98.1 Å². The first kappa shape index (κ1) is 24.0. The highest BCUT2D eigenvalue weighted by Gasteiger charge is 2.46. The highest BCUT2D eigenvalue weighted by atomic mass is 16.5. The second kappa shape index (κ2) is 10.4. The molecular formula is C26H32N4O4. The largest absolute Gasteiger partial charge is 0.485 e. The quantitative estimate of drug-likeness (QED) is 0.647.